The van der Waals surface area contributed by atoms with Gasteiger partial charge in [0.2, 0.25) is 5.91 Å². The molecule has 1 amide bonds. The molecule has 1 unspecified atom stereocenters. The van der Waals surface area contributed by atoms with Crippen molar-refractivity contribution in [1.29, 1.82) is 0 Å². The van der Waals surface area contributed by atoms with Crippen LogP contribution >= 0.6 is 23.4 Å². The minimum absolute atomic E-state index is 0.0282. The first-order valence-corrected chi connectivity index (χ1v) is 6.29. The second kappa shape index (κ2) is 6.01. The molecule has 3 nitrogen and oxygen atoms in total. The molecule has 5 heteroatoms. The molecule has 1 rings (SSSR count). The lowest BCUT2D eigenvalue weighted by molar-refractivity contribution is -0.120. The van der Waals surface area contributed by atoms with E-state index < -0.39 is 0 Å². The van der Waals surface area contributed by atoms with E-state index in [0.717, 1.165) is 4.90 Å². The van der Waals surface area contributed by atoms with Crippen molar-refractivity contribution in [3.8, 4) is 0 Å². The molecule has 1 aromatic carbocycles. The van der Waals surface area contributed by atoms with E-state index in [-0.39, 0.29) is 11.2 Å². The van der Waals surface area contributed by atoms with Crippen LogP contribution in [0, 0.1) is 0 Å². The number of hydrogen-bond acceptors (Lipinski definition) is 3. The average Bonchev–Trinajstić information content (AvgIpc) is 2.24. The molecule has 0 spiro atoms. The van der Waals surface area contributed by atoms with Gasteiger partial charge in [-0.2, -0.15) is 0 Å². The van der Waals surface area contributed by atoms with Crippen LogP contribution in [0.4, 0.5) is 5.69 Å². The zero-order valence-electron chi connectivity index (χ0n) is 9.29. The van der Waals surface area contributed by atoms with Crippen molar-refractivity contribution in [3.05, 3.63) is 23.2 Å². The van der Waals surface area contributed by atoms with E-state index in [9.17, 15) is 4.79 Å². The molecule has 0 aromatic heterocycles. The molecule has 0 fully saturated rings. The predicted molar refractivity (Wildman–Crippen MR) is 69.9 cm³/mol. The van der Waals surface area contributed by atoms with Gasteiger partial charge in [0.1, 0.15) is 0 Å². The number of halogens is 1. The Morgan fingerprint density at radius 1 is 1.62 bits per heavy atom. The fourth-order valence-corrected chi connectivity index (χ4v) is 2.33. The normalized spacial score (nSPS) is 12.2. The van der Waals surface area contributed by atoms with Gasteiger partial charge in [-0.3, -0.25) is 4.79 Å². The second-order valence-corrected chi connectivity index (χ2v) is 5.16. The molecule has 16 heavy (non-hydrogen) atoms. The van der Waals surface area contributed by atoms with Crippen molar-refractivity contribution in [2.45, 2.75) is 24.0 Å². The van der Waals surface area contributed by atoms with Crippen LogP contribution in [0.1, 0.15) is 13.8 Å². The predicted octanol–water partition coefficient (Wildman–Crippen LogP) is 2.54. The van der Waals surface area contributed by atoms with Gasteiger partial charge in [-0.1, -0.05) is 11.6 Å². The summed E-state index contributed by atoms with van der Waals surface area (Å²) in [6, 6.07) is 5.38. The fraction of sp³-hybridized carbons (Fsp3) is 0.364. The Kier molecular flexibility index (Phi) is 4.96. The summed E-state index contributed by atoms with van der Waals surface area (Å²) in [6.07, 6.45) is 0. The molecule has 88 valence electrons. The molecule has 0 bridgehead atoms. The Morgan fingerprint density at radius 2 is 2.31 bits per heavy atom. The molecular formula is C11H15ClN2OS. The number of benzene rings is 1. The van der Waals surface area contributed by atoms with Gasteiger partial charge in [0.05, 0.1) is 16.0 Å². The molecule has 0 heterocycles. The molecule has 3 N–H and O–H groups in total. The van der Waals surface area contributed by atoms with Crippen molar-refractivity contribution in [1.82, 2.24) is 5.32 Å². The first-order chi connectivity index (χ1) is 7.54. The van der Waals surface area contributed by atoms with Gasteiger partial charge in [-0.25, -0.2) is 0 Å². The van der Waals surface area contributed by atoms with Crippen LogP contribution in [0.2, 0.25) is 5.02 Å². The molecule has 0 aliphatic carbocycles. The highest BCUT2D eigenvalue weighted by Gasteiger charge is 2.13. The Morgan fingerprint density at radius 3 is 2.88 bits per heavy atom. The van der Waals surface area contributed by atoms with Crippen molar-refractivity contribution < 1.29 is 4.79 Å². The Labute approximate surface area is 105 Å². The van der Waals surface area contributed by atoms with Crippen molar-refractivity contribution in [3.63, 3.8) is 0 Å². The summed E-state index contributed by atoms with van der Waals surface area (Å²) in [4.78, 5) is 12.5. The van der Waals surface area contributed by atoms with Crippen molar-refractivity contribution in [2.75, 3.05) is 12.3 Å². The third kappa shape index (κ3) is 3.61. The number of carbonyl (C=O) groups is 1. The number of nitrogen functional groups attached to an aromatic ring is 1. The summed E-state index contributed by atoms with van der Waals surface area (Å²) in [7, 11) is 0. The van der Waals surface area contributed by atoms with Gasteiger partial charge < -0.3 is 11.1 Å². The van der Waals surface area contributed by atoms with E-state index in [2.05, 4.69) is 5.32 Å². The number of amides is 1. The minimum Gasteiger partial charge on any atom is -0.398 e. The van der Waals surface area contributed by atoms with Crippen LogP contribution in [0.15, 0.2) is 23.1 Å². The summed E-state index contributed by atoms with van der Waals surface area (Å²) in [6.45, 7) is 4.40. The van der Waals surface area contributed by atoms with E-state index in [1.165, 1.54) is 11.8 Å². The number of hydrogen-bond donors (Lipinski definition) is 2. The first-order valence-electron chi connectivity index (χ1n) is 5.04. The van der Waals surface area contributed by atoms with Gasteiger partial charge in [0, 0.05) is 11.4 Å². The highest BCUT2D eigenvalue weighted by atomic mass is 35.5. The Balaban J connectivity index is 2.66. The average molecular weight is 259 g/mol. The lowest BCUT2D eigenvalue weighted by atomic mass is 10.3. The van der Waals surface area contributed by atoms with Crippen molar-refractivity contribution >= 4 is 35.0 Å². The molecule has 0 saturated heterocycles. The highest BCUT2D eigenvalue weighted by molar-refractivity contribution is 8.00. The van der Waals surface area contributed by atoms with Crippen LogP contribution in [0.25, 0.3) is 0 Å². The lowest BCUT2D eigenvalue weighted by Crippen LogP contribution is -2.30. The summed E-state index contributed by atoms with van der Waals surface area (Å²) in [5, 5.41) is 3.16. The van der Waals surface area contributed by atoms with E-state index in [4.69, 9.17) is 17.3 Å². The quantitative estimate of drug-likeness (QED) is 0.645. The Bertz CT molecular complexity index is 384. The number of carbonyl (C=O) groups excluding carboxylic acids is 1. The molecule has 0 radical (unpaired) electrons. The van der Waals surface area contributed by atoms with Crippen LogP contribution < -0.4 is 11.1 Å². The topological polar surface area (TPSA) is 55.1 Å². The fourth-order valence-electron chi connectivity index (χ4n) is 1.16. The van der Waals surface area contributed by atoms with E-state index in [0.29, 0.717) is 17.3 Å². The van der Waals surface area contributed by atoms with Gasteiger partial charge in [-0.05, 0) is 32.0 Å². The van der Waals surface area contributed by atoms with Gasteiger partial charge in [0.25, 0.3) is 0 Å². The third-order valence-corrected chi connectivity index (χ3v) is 3.43. The van der Waals surface area contributed by atoms with Gasteiger partial charge in [0.15, 0.2) is 0 Å². The Hall–Kier alpha value is -0.870. The molecule has 1 atom stereocenters. The molecule has 0 aliphatic heterocycles. The van der Waals surface area contributed by atoms with E-state index >= 15 is 0 Å². The maximum Gasteiger partial charge on any atom is 0.233 e. The second-order valence-electron chi connectivity index (χ2n) is 3.34. The number of rotatable bonds is 4. The third-order valence-electron chi connectivity index (χ3n) is 2.01. The number of anilines is 1. The standard InChI is InChI=1S/C11H15ClN2OS/c1-3-14-11(15)7(2)16-8-4-5-10(13)9(12)6-8/h4-7H,3,13H2,1-2H3,(H,14,15). The molecular weight excluding hydrogens is 244 g/mol. The largest absolute Gasteiger partial charge is 0.398 e. The van der Waals surface area contributed by atoms with Crippen LogP contribution in [-0.2, 0) is 4.79 Å². The maximum absolute atomic E-state index is 11.5. The maximum atomic E-state index is 11.5. The van der Waals surface area contributed by atoms with Gasteiger partial charge >= 0.3 is 0 Å². The SMILES string of the molecule is CCNC(=O)C(C)Sc1ccc(N)c(Cl)c1. The molecule has 0 saturated carbocycles. The monoisotopic (exact) mass is 258 g/mol. The lowest BCUT2D eigenvalue weighted by Gasteiger charge is -2.11. The highest BCUT2D eigenvalue weighted by Crippen LogP contribution is 2.28. The number of thioether (sulfide) groups is 1. The zero-order valence-corrected chi connectivity index (χ0v) is 10.9. The summed E-state index contributed by atoms with van der Waals surface area (Å²) in [5.41, 5.74) is 6.16. The van der Waals surface area contributed by atoms with Crippen molar-refractivity contribution in [2.24, 2.45) is 0 Å². The van der Waals surface area contributed by atoms with Crippen LogP contribution in [-0.4, -0.2) is 17.7 Å². The first kappa shape index (κ1) is 13.2. The molecule has 0 aliphatic rings. The van der Waals surface area contributed by atoms with E-state index in [1.54, 1.807) is 12.1 Å². The van der Waals surface area contributed by atoms with Gasteiger partial charge in [-0.15, -0.1) is 11.8 Å². The van der Waals surface area contributed by atoms with E-state index in [1.807, 2.05) is 19.9 Å². The summed E-state index contributed by atoms with van der Waals surface area (Å²) < 4.78 is 0. The zero-order chi connectivity index (χ0) is 12.1. The number of nitrogens with one attached hydrogen (secondary N) is 1. The summed E-state index contributed by atoms with van der Waals surface area (Å²) >= 11 is 7.36. The number of nitrogens with two attached hydrogens (primary N) is 1. The van der Waals surface area contributed by atoms with Crippen LogP contribution in [0.3, 0.4) is 0 Å². The minimum atomic E-state index is -0.139. The smallest absolute Gasteiger partial charge is 0.233 e. The summed E-state index contributed by atoms with van der Waals surface area (Å²) in [5.74, 6) is 0.0282. The molecule has 1 aromatic rings. The van der Waals surface area contributed by atoms with Crippen LogP contribution in [0.5, 0.6) is 0 Å².